The molecule has 0 aliphatic rings. The van der Waals surface area contributed by atoms with Gasteiger partial charge < -0.3 is 9.64 Å². The molecule has 1 rings (SSSR count). The van der Waals surface area contributed by atoms with E-state index in [1.807, 2.05) is 12.1 Å². The van der Waals surface area contributed by atoms with Gasteiger partial charge in [-0.05, 0) is 18.6 Å². The third kappa shape index (κ3) is 3.37. The van der Waals surface area contributed by atoms with Gasteiger partial charge in [-0.3, -0.25) is 0 Å². The van der Waals surface area contributed by atoms with Gasteiger partial charge in [0.05, 0.1) is 17.3 Å². The van der Waals surface area contributed by atoms with Crippen LogP contribution in [0.4, 0.5) is 5.69 Å². The molecule has 0 fully saturated rings. The van der Waals surface area contributed by atoms with Crippen molar-refractivity contribution in [2.75, 3.05) is 31.7 Å². The quantitative estimate of drug-likeness (QED) is 0.743. The van der Waals surface area contributed by atoms with Gasteiger partial charge in [0.25, 0.3) is 0 Å². The number of ether oxygens (including phenoxy) is 1. The minimum absolute atomic E-state index is 0.709. The summed E-state index contributed by atoms with van der Waals surface area (Å²) in [6.07, 6.45) is 0. The molecule has 90 valence electrons. The lowest BCUT2D eigenvalue weighted by Crippen LogP contribution is -2.28. The Morgan fingerprint density at radius 2 is 2.19 bits per heavy atom. The minimum Gasteiger partial charge on any atom is -0.383 e. The zero-order valence-electron chi connectivity index (χ0n) is 9.67. The van der Waals surface area contributed by atoms with Crippen LogP contribution in [0.2, 0.25) is 5.02 Å². The molecule has 0 radical (unpaired) electrons. The summed E-state index contributed by atoms with van der Waals surface area (Å²) in [4.78, 5) is 2.24. The molecule has 0 N–H and O–H groups in total. The van der Waals surface area contributed by atoms with Crippen molar-refractivity contribution in [3.8, 4) is 0 Å². The van der Waals surface area contributed by atoms with Gasteiger partial charge in [-0.25, -0.2) is 0 Å². The van der Waals surface area contributed by atoms with E-state index in [4.69, 9.17) is 16.3 Å². The van der Waals surface area contributed by atoms with Crippen molar-refractivity contribution >= 4 is 33.2 Å². The summed E-state index contributed by atoms with van der Waals surface area (Å²) in [5, 5.41) is 1.61. The summed E-state index contributed by atoms with van der Waals surface area (Å²) in [5.74, 6) is 0. The number of hydrogen-bond donors (Lipinski definition) is 0. The van der Waals surface area contributed by atoms with Crippen LogP contribution in [0.3, 0.4) is 0 Å². The van der Waals surface area contributed by atoms with E-state index >= 15 is 0 Å². The first-order valence-electron chi connectivity index (χ1n) is 5.31. The Hall–Kier alpha value is -0.250. The standard InChI is InChI=1S/C12H17BrClNO/c1-3-15(7-8-16-2)12-10(9-13)5-4-6-11(12)14/h4-6H,3,7-9H2,1-2H3. The first kappa shape index (κ1) is 13.8. The van der Waals surface area contributed by atoms with Crippen LogP contribution in [0, 0.1) is 0 Å². The molecule has 1 aromatic rings. The Labute approximate surface area is 111 Å². The van der Waals surface area contributed by atoms with Gasteiger partial charge >= 0.3 is 0 Å². The van der Waals surface area contributed by atoms with Crippen LogP contribution in [-0.4, -0.2) is 26.8 Å². The lowest BCUT2D eigenvalue weighted by atomic mass is 10.2. The van der Waals surface area contributed by atoms with Crippen LogP contribution in [-0.2, 0) is 10.1 Å². The highest BCUT2D eigenvalue weighted by Crippen LogP contribution is 2.31. The second kappa shape index (κ2) is 7.15. The van der Waals surface area contributed by atoms with Crippen LogP contribution < -0.4 is 4.90 Å². The summed E-state index contributed by atoms with van der Waals surface area (Å²) in [7, 11) is 1.71. The minimum atomic E-state index is 0.709. The molecule has 0 unspecified atom stereocenters. The molecule has 2 nitrogen and oxygen atoms in total. The van der Waals surface area contributed by atoms with Crippen molar-refractivity contribution in [3.63, 3.8) is 0 Å². The Balaban J connectivity index is 2.97. The molecular weight excluding hydrogens is 289 g/mol. The molecule has 0 aliphatic heterocycles. The van der Waals surface area contributed by atoms with Crippen molar-refractivity contribution in [3.05, 3.63) is 28.8 Å². The summed E-state index contributed by atoms with van der Waals surface area (Å²) >= 11 is 9.75. The van der Waals surface area contributed by atoms with E-state index in [1.165, 1.54) is 5.56 Å². The van der Waals surface area contributed by atoms with Crippen molar-refractivity contribution < 1.29 is 4.74 Å². The summed E-state index contributed by atoms with van der Waals surface area (Å²) in [6.45, 7) is 4.61. The topological polar surface area (TPSA) is 12.5 Å². The lowest BCUT2D eigenvalue weighted by Gasteiger charge is -2.26. The maximum Gasteiger partial charge on any atom is 0.0642 e. The van der Waals surface area contributed by atoms with Crippen molar-refractivity contribution in [2.24, 2.45) is 0 Å². The number of nitrogens with zero attached hydrogens (tertiary/aromatic N) is 1. The smallest absolute Gasteiger partial charge is 0.0642 e. The number of alkyl halides is 1. The van der Waals surface area contributed by atoms with E-state index in [1.54, 1.807) is 7.11 Å². The van der Waals surface area contributed by atoms with Gasteiger partial charge in [0.2, 0.25) is 0 Å². The highest BCUT2D eigenvalue weighted by Gasteiger charge is 2.12. The molecule has 16 heavy (non-hydrogen) atoms. The second-order valence-corrected chi connectivity index (χ2v) is 4.42. The zero-order valence-corrected chi connectivity index (χ0v) is 12.0. The largest absolute Gasteiger partial charge is 0.383 e. The highest BCUT2D eigenvalue weighted by atomic mass is 79.9. The number of methoxy groups -OCH3 is 1. The maximum atomic E-state index is 6.26. The number of hydrogen-bond acceptors (Lipinski definition) is 2. The van der Waals surface area contributed by atoms with Crippen LogP contribution in [0.15, 0.2) is 18.2 Å². The van der Waals surface area contributed by atoms with Gasteiger partial charge in [0, 0.05) is 25.5 Å². The molecular formula is C12H17BrClNO. The van der Waals surface area contributed by atoms with E-state index in [0.29, 0.717) is 6.61 Å². The molecule has 0 aliphatic carbocycles. The Bertz CT molecular complexity index is 333. The molecule has 0 saturated heterocycles. The average Bonchev–Trinajstić information content (AvgIpc) is 2.31. The molecule has 0 bridgehead atoms. The fraction of sp³-hybridized carbons (Fsp3) is 0.500. The second-order valence-electron chi connectivity index (χ2n) is 3.45. The first-order chi connectivity index (χ1) is 7.74. The highest BCUT2D eigenvalue weighted by molar-refractivity contribution is 9.08. The summed E-state index contributed by atoms with van der Waals surface area (Å²) in [5.41, 5.74) is 2.33. The van der Waals surface area contributed by atoms with E-state index in [0.717, 1.165) is 29.1 Å². The van der Waals surface area contributed by atoms with Gasteiger partial charge in [0.1, 0.15) is 0 Å². The number of rotatable bonds is 6. The van der Waals surface area contributed by atoms with Crippen molar-refractivity contribution in [1.29, 1.82) is 0 Å². The monoisotopic (exact) mass is 305 g/mol. The van der Waals surface area contributed by atoms with Crippen LogP contribution >= 0.6 is 27.5 Å². The predicted octanol–water partition coefficient (Wildman–Crippen LogP) is 3.71. The van der Waals surface area contributed by atoms with Gasteiger partial charge in [-0.1, -0.05) is 39.7 Å². The van der Waals surface area contributed by atoms with Gasteiger partial charge in [-0.2, -0.15) is 0 Å². The van der Waals surface area contributed by atoms with Crippen LogP contribution in [0.5, 0.6) is 0 Å². The Morgan fingerprint density at radius 1 is 1.44 bits per heavy atom. The molecule has 0 spiro atoms. The SMILES string of the molecule is CCN(CCOC)c1c(Cl)cccc1CBr. The maximum absolute atomic E-state index is 6.26. The zero-order chi connectivity index (χ0) is 12.0. The predicted molar refractivity (Wildman–Crippen MR) is 73.8 cm³/mol. The molecule has 0 atom stereocenters. The molecule has 0 amide bonds. The van der Waals surface area contributed by atoms with Gasteiger partial charge in [-0.15, -0.1) is 0 Å². The number of likely N-dealkylation sites (N-methyl/N-ethyl adjacent to an activating group) is 1. The van der Waals surface area contributed by atoms with Crippen molar-refractivity contribution in [1.82, 2.24) is 0 Å². The van der Waals surface area contributed by atoms with Crippen LogP contribution in [0.25, 0.3) is 0 Å². The van der Waals surface area contributed by atoms with Crippen LogP contribution in [0.1, 0.15) is 12.5 Å². The number of benzene rings is 1. The fourth-order valence-electron chi connectivity index (χ4n) is 1.65. The molecule has 0 aromatic heterocycles. The lowest BCUT2D eigenvalue weighted by molar-refractivity contribution is 0.205. The average molecular weight is 307 g/mol. The third-order valence-corrected chi connectivity index (χ3v) is 3.39. The molecule has 4 heteroatoms. The fourth-order valence-corrected chi connectivity index (χ4v) is 2.42. The first-order valence-corrected chi connectivity index (χ1v) is 6.81. The van der Waals surface area contributed by atoms with Gasteiger partial charge in [0.15, 0.2) is 0 Å². The summed E-state index contributed by atoms with van der Waals surface area (Å²) < 4.78 is 5.11. The number of para-hydroxylation sites is 1. The number of halogens is 2. The van der Waals surface area contributed by atoms with E-state index in [2.05, 4.69) is 33.8 Å². The normalized spacial score (nSPS) is 10.5. The van der Waals surface area contributed by atoms with E-state index < -0.39 is 0 Å². The van der Waals surface area contributed by atoms with E-state index in [-0.39, 0.29) is 0 Å². The van der Waals surface area contributed by atoms with E-state index in [9.17, 15) is 0 Å². The third-order valence-electron chi connectivity index (χ3n) is 2.48. The summed E-state index contributed by atoms with van der Waals surface area (Å²) in [6, 6.07) is 6.00. The Kier molecular flexibility index (Phi) is 6.17. The van der Waals surface area contributed by atoms with Crippen molar-refractivity contribution in [2.45, 2.75) is 12.3 Å². The number of anilines is 1. The Morgan fingerprint density at radius 3 is 2.75 bits per heavy atom. The molecule has 0 saturated carbocycles. The molecule has 0 heterocycles. The molecule has 1 aromatic carbocycles.